The third kappa shape index (κ3) is 5.32. The number of pyridine rings is 1. The summed E-state index contributed by atoms with van der Waals surface area (Å²) in [6, 6.07) is 3.83. The second-order valence-corrected chi connectivity index (χ2v) is 4.28. The Hall–Kier alpha value is -1.60. The lowest BCUT2D eigenvalue weighted by atomic mass is 10.2. The number of hydrogen-bond acceptors (Lipinski definition) is 4. The van der Waals surface area contributed by atoms with Crippen LogP contribution < -0.4 is 5.32 Å². The molecule has 1 N–H and O–H groups in total. The Morgan fingerprint density at radius 3 is 3.06 bits per heavy atom. The minimum absolute atomic E-state index is 0.575. The minimum atomic E-state index is 0.575. The number of rotatable bonds is 7. The first-order valence-electron chi connectivity index (χ1n) is 5.89. The van der Waals surface area contributed by atoms with Crippen molar-refractivity contribution in [1.82, 2.24) is 4.98 Å². The molecule has 1 rings (SSSR count). The molecule has 0 aliphatic carbocycles. The van der Waals surface area contributed by atoms with Crippen LogP contribution in [0, 0.1) is 17.2 Å². The van der Waals surface area contributed by atoms with E-state index in [2.05, 4.69) is 30.2 Å². The number of ether oxygens (including phenoxy) is 1. The third-order valence-electron chi connectivity index (χ3n) is 2.17. The van der Waals surface area contributed by atoms with Crippen molar-refractivity contribution in [2.24, 2.45) is 5.92 Å². The summed E-state index contributed by atoms with van der Waals surface area (Å²) in [7, 11) is 0. The molecule has 0 saturated heterocycles. The van der Waals surface area contributed by atoms with Crippen molar-refractivity contribution in [2.45, 2.75) is 20.3 Å². The molecule has 1 aromatic rings. The summed E-state index contributed by atoms with van der Waals surface area (Å²) in [5.41, 5.74) is 1.42. The van der Waals surface area contributed by atoms with Gasteiger partial charge in [0.15, 0.2) is 0 Å². The van der Waals surface area contributed by atoms with E-state index in [-0.39, 0.29) is 0 Å². The van der Waals surface area contributed by atoms with Crippen LogP contribution in [0.25, 0.3) is 0 Å². The SMILES string of the molecule is CC(C)COCCCNc1cnccc1C#N. The number of nitrogens with one attached hydrogen (secondary N) is 1. The van der Waals surface area contributed by atoms with Gasteiger partial charge in [0.1, 0.15) is 6.07 Å². The molecule has 0 aliphatic rings. The van der Waals surface area contributed by atoms with Crippen molar-refractivity contribution in [3.63, 3.8) is 0 Å². The molecule has 4 nitrogen and oxygen atoms in total. The Labute approximate surface area is 103 Å². The molecule has 0 amide bonds. The molecule has 0 atom stereocenters. The highest BCUT2D eigenvalue weighted by molar-refractivity contribution is 5.55. The van der Waals surface area contributed by atoms with Gasteiger partial charge in [-0.25, -0.2) is 0 Å². The maximum Gasteiger partial charge on any atom is 0.101 e. The fourth-order valence-corrected chi connectivity index (χ4v) is 1.35. The van der Waals surface area contributed by atoms with E-state index in [1.165, 1.54) is 0 Å². The molecule has 0 unspecified atom stereocenters. The normalized spacial score (nSPS) is 10.2. The lowest BCUT2D eigenvalue weighted by molar-refractivity contribution is 0.110. The van der Waals surface area contributed by atoms with E-state index < -0.39 is 0 Å². The van der Waals surface area contributed by atoms with Gasteiger partial charge in [0.2, 0.25) is 0 Å². The number of nitrogens with zero attached hydrogens (tertiary/aromatic N) is 2. The smallest absolute Gasteiger partial charge is 0.101 e. The van der Waals surface area contributed by atoms with Crippen LogP contribution in [0.4, 0.5) is 5.69 Å². The van der Waals surface area contributed by atoms with E-state index in [0.29, 0.717) is 11.5 Å². The van der Waals surface area contributed by atoms with Crippen LogP contribution in [0.5, 0.6) is 0 Å². The number of nitriles is 1. The quantitative estimate of drug-likeness (QED) is 0.735. The summed E-state index contributed by atoms with van der Waals surface area (Å²) >= 11 is 0. The first-order valence-corrected chi connectivity index (χ1v) is 5.89. The first-order chi connectivity index (χ1) is 8.24. The van der Waals surface area contributed by atoms with Crippen molar-refractivity contribution >= 4 is 5.69 Å². The van der Waals surface area contributed by atoms with Crippen molar-refractivity contribution in [3.8, 4) is 6.07 Å². The molecule has 1 heterocycles. The molecule has 0 spiro atoms. The topological polar surface area (TPSA) is 57.9 Å². The van der Waals surface area contributed by atoms with Gasteiger partial charge in [0.05, 0.1) is 17.4 Å². The van der Waals surface area contributed by atoms with Crippen molar-refractivity contribution in [3.05, 3.63) is 24.0 Å². The van der Waals surface area contributed by atoms with E-state index in [4.69, 9.17) is 10.00 Å². The van der Waals surface area contributed by atoms with Gasteiger partial charge in [-0.1, -0.05) is 13.8 Å². The van der Waals surface area contributed by atoms with Crippen LogP contribution in [-0.2, 0) is 4.74 Å². The molecule has 0 radical (unpaired) electrons. The molecular formula is C13H19N3O. The van der Waals surface area contributed by atoms with Gasteiger partial charge < -0.3 is 10.1 Å². The van der Waals surface area contributed by atoms with Gasteiger partial charge in [-0.3, -0.25) is 4.98 Å². The van der Waals surface area contributed by atoms with Crippen LogP contribution in [-0.4, -0.2) is 24.7 Å². The van der Waals surface area contributed by atoms with Crippen molar-refractivity contribution < 1.29 is 4.74 Å². The number of aromatic nitrogens is 1. The summed E-state index contributed by atoms with van der Waals surface area (Å²) in [6.07, 6.45) is 4.22. The first kappa shape index (κ1) is 13.5. The van der Waals surface area contributed by atoms with E-state index in [9.17, 15) is 0 Å². The van der Waals surface area contributed by atoms with Gasteiger partial charge in [-0.05, 0) is 18.4 Å². The number of hydrogen-bond donors (Lipinski definition) is 1. The molecule has 1 aromatic heterocycles. The molecule has 4 heteroatoms. The van der Waals surface area contributed by atoms with Gasteiger partial charge in [0.25, 0.3) is 0 Å². The summed E-state index contributed by atoms with van der Waals surface area (Å²) in [5, 5.41) is 12.1. The lowest BCUT2D eigenvalue weighted by Crippen LogP contribution is -2.09. The minimum Gasteiger partial charge on any atom is -0.383 e. The van der Waals surface area contributed by atoms with Crippen LogP contribution >= 0.6 is 0 Å². The highest BCUT2D eigenvalue weighted by Crippen LogP contribution is 2.11. The van der Waals surface area contributed by atoms with Crippen LogP contribution in [0.15, 0.2) is 18.5 Å². The highest BCUT2D eigenvalue weighted by atomic mass is 16.5. The maximum atomic E-state index is 8.88. The predicted octanol–water partition coefficient (Wildman–Crippen LogP) is 2.43. The Bertz CT molecular complexity index is 371. The summed E-state index contributed by atoms with van der Waals surface area (Å²) < 4.78 is 5.47. The largest absolute Gasteiger partial charge is 0.383 e. The molecule has 92 valence electrons. The predicted molar refractivity (Wildman–Crippen MR) is 67.7 cm³/mol. The maximum absolute atomic E-state index is 8.88. The second-order valence-electron chi connectivity index (χ2n) is 4.28. The van der Waals surface area contributed by atoms with E-state index in [0.717, 1.165) is 31.9 Å². The van der Waals surface area contributed by atoms with Gasteiger partial charge >= 0.3 is 0 Å². The number of anilines is 1. The van der Waals surface area contributed by atoms with E-state index in [1.807, 2.05) is 0 Å². The van der Waals surface area contributed by atoms with Gasteiger partial charge in [0, 0.05) is 26.0 Å². The van der Waals surface area contributed by atoms with Crippen LogP contribution in [0.3, 0.4) is 0 Å². The molecule has 0 fully saturated rings. The summed E-state index contributed by atoms with van der Waals surface area (Å²) in [4.78, 5) is 3.99. The molecule has 0 aromatic carbocycles. The second kappa shape index (κ2) is 7.64. The molecule has 0 saturated carbocycles. The van der Waals surface area contributed by atoms with Crippen LogP contribution in [0.1, 0.15) is 25.8 Å². The molecule has 17 heavy (non-hydrogen) atoms. The fraction of sp³-hybridized carbons (Fsp3) is 0.538. The fourth-order valence-electron chi connectivity index (χ4n) is 1.35. The average molecular weight is 233 g/mol. The van der Waals surface area contributed by atoms with E-state index >= 15 is 0 Å². The standard InChI is InChI=1S/C13H19N3O/c1-11(2)10-17-7-3-5-16-13-9-15-6-4-12(13)8-14/h4,6,9,11,16H,3,5,7,10H2,1-2H3. The van der Waals surface area contributed by atoms with Crippen molar-refractivity contribution in [1.29, 1.82) is 5.26 Å². The Morgan fingerprint density at radius 2 is 2.35 bits per heavy atom. The summed E-state index contributed by atoms with van der Waals surface area (Å²) in [6.45, 7) is 6.60. The Kier molecular flexibility index (Phi) is 6.05. The highest BCUT2D eigenvalue weighted by Gasteiger charge is 2.00. The van der Waals surface area contributed by atoms with Crippen LogP contribution in [0.2, 0.25) is 0 Å². The Morgan fingerprint density at radius 1 is 1.53 bits per heavy atom. The molecule has 0 bridgehead atoms. The molecule has 0 aliphatic heterocycles. The molecular weight excluding hydrogens is 214 g/mol. The average Bonchev–Trinajstić information content (AvgIpc) is 2.33. The van der Waals surface area contributed by atoms with Gasteiger partial charge in [-0.2, -0.15) is 5.26 Å². The van der Waals surface area contributed by atoms with E-state index in [1.54, 1.807) is 18.5 Å². The third-order valence-corrected chi connectivity index (χ3v) is 2.17. The van der Waals surface area contributed by atoms with Crippen molar-refractivity contribution in [2.75, 3.05) is 25.1 Å². The Balaban J connectivity index is 2.20. The summed E-state index contributed by atoms with van der Waals surface area (Å²) in [5.74, 6) is 0.575. The zero-order valence-electron chi connectivity index (χ0n) is 10.4. The zero-order valence-corrected chi connectivity index (χ0v) is 10.4. The lowest BCUT2D eigenvalue weighted by Gasteiger charge is -2.09. The zero-order chi connectivity index (χ0) is 12.5. The monoisotopic (exact) mass is 233 g/mol. The van der Waals surface area contributed by atoms with Gasteiger partial charge in [-0.15, -0.1) is 0 Å².